The van der Waals surface area contributed by atoms with Crippen LogP contribution in [0.15, 0.2) is 54.7 Å². The third-order valence-electron chi connectivity index (χ3n) is 2.83. The summed E-state index contributed by atoms with van der Waals surface area (Å²) in [5.41, 5.74) is 0.603. The number of rotatable bonds is 3. The van der Waals surface area contributed by atoms with Crippen LogP contribution in [0.5, 0.6) is 0 Å². The van der Waals surface area contributed by atoms with Crippen LogP contribution < -0.4 is 10.6 Å². The van der Waals surface area contributed by atoms with Gasteiger partial charge in [0.1, 0.15) is 5.82 Å². The minimum absolute atomic E-state index is 0.271. The molecule has 1 aromatic heterocycles. The van der Waals surface area contributed by atoms with Crippen molar-refractivity contribution < 1.29 is 4.79 Å². The van der Waals surface area contributed by atoms with Crippen molar-refractivity contribution in [2.24, 2.45) is 0 Å². The Labute approximate surface area is 112 Å². The molecule has 2 aromatic rings. The van der Waals surface area contributed by atoms with Crippen molar-refractivity contribution in [3.8, 4) is 0 Å². The average Bonchev–Trinajstić information content (AvgIpc) is 2.40. The van der Waals surface area contributed by atoms with Gasteiger partial charge in [0.2, 0.25) is 0 Å². The highest BCUT2D eigenvalue weighted by Gasteiger charge is 2.22. The number of amides is 2. The van der Waals surface area contributed by atoms with Crippen LogP contribution in [0, 0.1) is 0 Å². The fourth-order valence-electron chi connectivity index (χ4n) is 1.80. The number of carbonyl (C=O) groups is 1. The summed E-state index contributed by atoms with van der Waals surface area (Å²) in [7, 11) is 0. The van der Waals surface area contributed by atoms with Gasteiger partial charge in [-0.2, -0.15) is 0 Å². The number of benzene rings is 1. The van der Waals surface area contributed by atoms with E-state index in [1.165, 1.54) is 0 Å². The van der Waals surface area contributed by atoms with Gasteiger partial charge >= 0.3 is 6.03 Å². The van der Waals surface area contributed by atoms with Crippen molar-refractivity contribution in [3.63, 3.8) is 0 Å². The van der Waals surface area contributed by atoms with Crippen molar-refractivity contribution in [1.29, 1.82) is 0 Å². The molecular weight excluding hydrogens is 238 g/mol. The van der Waals surface area contributed by atoms with Gasteiger partial charge in [-0.25, -0.2) is 9.78 Å². The van der Waals surface area contributed by atoms with E-state index >= 15 is 0 Å². The maximum Gasteiger partial charge on any atom is 0.321 e. The molecule has 0 atom stereocenters. The van der Waals surface area contributed by atoms with Crippen LogP contribution in [-0.4, -0.2) is 11.0 Å². The molecule has 0 saturated carbocycles. The van der Waals surface area contributed by atoms with E-state index in [0.29, 0.717) is 5.82 Å². The highest BCUT2D eigenvalue weighted by Crippen LogP contribution is 2.19. The van der Waals surface area contributed by atoms with Gasteiger partial charge in [-0.15, -0.1) is 0 Å². The van der Waals surface area contributed by atoms with E-state index in [1.54, 1.807) is 18.3 Å². The summed E-state index contributed by atoms with van der Waals surface area (Å²) in [4.78, 5) is 16.0. The number of hydrogen-bond donors (Lipinski definition) is 2. The fourth-order valence-corrected chi connectivity index (χ4v) is 1.80. The van der Waals surface area contributed by atoms with Crippen LogP contribution in [0.4, 0.5) is 10.6 Å². The Kier molecular flexibility index (Phi) is 3.80. The number of pyridine rings is 1. The molecular formula is C15H17N3O. The molecule has 2 N–H and O–H groups in total. The van der Waals surface area contributed by atoms with Gasteiger partial charge in [0.05, 0.1) is 5.54 Å². The zero-order valence-corrected chi connectivity index (χ0v) is 11.1. The Morgan fingerprint density at radius 1 is 1.05 bits per heavy atom. The molecule has 0 radical (unpaired) electrons. The molecule has 19 heavy (non-hydrogen) atoms. The number of aromatic nitrogens is 1. The van der Waals surface area contributed by atoms with Crippen molar-refractivity contribution in [2.45, 2.75) is 19.4 Å². The molecule has 2 amide bonds. The maximum atomic E-state index is 11.9. The Balaban J connectivity index is 2.02. The predicted molar refractivity (Wildman–Crippen MR) is 75.9 cm³/mol. The van der Waals surface area contributed by atoms with Crippen LogP contribution in [0.25, 0.3) is 0 Å². The molecule has 0 fully saturated rings. The minimum Gasteiger partial charge on any atom is -0.329 e. The highest BCUT2D eigenvalue weighted by atomic mass is 16.2. The number of nitrogens with one attached hydrogen (secondary N) is 2. The molecule has 0 bridgehead atoms. The predicted octanol–water partition coefficient (Wildman–Crippen LogP) is 3.14. The first-order valence-electron chi connectivity index (χ1n) is 6.14. The summed E-state index contributed by atoms with van der Waals surface area (Å²) in [6, 6.07) is 14.9. The van der Waals surface area contributed by atoms with Gasteiger partial charge in [-0.1, -0.05) is 36.4 Å². The van der Waals surface area contributed by atoms with Gasteiger partial charge in [0.15, 0.2) is 0 Å². The van der Waals surface area contributed by atoms with Crippen LogP contribution in [0.3, 0.4) is 0 Å². The second-order valence-electron chi connectivity index (χ2n) is 4.79. The molecule has 0 unspecified atom stereocenters. The first-order valence-corrected chi connectivity index (χ1v) is 6.14. The quantitative estimate of drug-likeness (QED) is 0.885. The van der Waals surface area contributed by atoms with Crippen molar-refractivity contribution in [1.82, 2.24) is 10.3 Å². The zero-order valence-electron chi connectivity index (χ0n) is 11.1. The second kappa shape index (κ2) is 5.52. The largest absolute Gasteiger partial charge is 0.329 e. The summed E-state index contributed by atoms with van der Waals surface area (Å²) in [5, 5.41) is 5.64. The summed E-state index contributed by atoms with van der Waals surface area (Å²) in [6.45, 7) is 3.92. The lowest BCUT2D eigenvalue weighted by Crippen LogP contribution is -2.43. The maximum absolute atomic E-state index is 11.9. The Hall–Kier alpha value is -2.36. The van der Waals surface area contributed by atoms with Gasteiger partial charge in [-0.3, -0.25) is 5.32 Å². The van der Waals surface area contributed by atoms with Gasteiger partial charge < -0.3 is 5.32 Å². The fraction of sp³-hybridized carbons (Fsp3) is 0.200. The van der Waals surface area contributed by atoms with Gasteiger partial charge in [0.25, 0.3) is 0 Å². The third kappa shape index (κ3) is 3.55. The standard InChI is InChI=1S/C15H17N3O/c1-15(2,12-8-4-3-5-9-12)18-14(19)17-13-10-6-7-11-16-13/h3-11H,1-2H3,(H2,16,17,18,19). The molecule has 0 spiro atoms. The normalized spacial score (nSPS) is 10.8. The van der Waals surface area contributed by atoms with Crippen LogP contribution in [-0.2, 0) is 5.54 Å². The molecule has 1 heterocycles. The van der Waals surface area contributed by atoms with E-state index in [9.17, 15) is 4.79 Å². The summed E-state index contributed by atoms with van der Waals surface area (Å²) < 4.78 is 0. The van der Waals surface area contributed by atoms with E-state index in [4.69, 9.17) is 0 Å². The van der Waals surface area contributed by atoms with Crippen molar-refractivity contribution in [3.05, 3.63) is 60.3 Å². The molecule has 0 aliphatic carbocycles. The highest BCUT2D eigenvalue weighted by molar-refractivity contribution is 5.88. The molecule has 0 saturated heterocycles. The van der Waals surface area contributed by atoms with Crippen LogP contribution >= 0.6 is 0 Å². The molecule has 0 aliphatic rings. The Morgan fingerprint density at radius 2 is 1.74 bits per heavy atom. The molecule has 1 aromatic carbocycles. The summed E-state index contributed by atoms with van der Waals surface area (Å²) in [5.74, 6) is 0.531. The second-order valence-corrected chi connectivity index (χ2v) is 4.79. The monoisotopic (exact) mass is 255 g/mol. The first-order chi connectivity index (χ1) is 9.08. The van der Waals surface area contributed by atoms with E-state index in [0.717, 1.165) is 5.56 Å². The van der Waals surface area contributed by atoms with Crippen molar-refractivity contribution >= 4 is 11.8 Å². The van der Waals surface area contributed by atoms with E-state index in [1.807, 2.05) is 50.2 Å². The molecule has 4 nitrogen and oxygen atoms in total. The van der Waals surface area contributed by atoms with Crippen molar-refractivity contribution in [2.75, 3.05) is 5.32 Å². The lowest BCUT2D eigenvalue weighted by Gasteiger charge is -2.26. The number of nitrogens with zero attached hydrogens (tertiary/aromatic N) is 1. The minimum atomic E-state index is -0.444. The van der Waals surface area contributed by atoms with Crippen LogP contribution in [0.1, 0.15) is 19.4 Å². The first kappa shape index (κ1) is 13.1. The number of carbonyl (C=O) groups excluding carboxylic acids is 1. The van der Waals surface area contributed by atoms with E-state index in [2.05, 4.69) is 15.6 Å². The summed E-state index contributed by atoms with van der Waals surface area (Å²) >= 11 is 0. The molecule has 0 aliphatic heterocycles. The third-order valence-corrected chi connectivity index (χ3v) is 2.83. The van der Waals surface area contributed by atoms with E-state index in [-0.39, 0.29) is 6.03 Å². The number of hydrogen-bond acceptors (Lipinski definition) is 2. The SMILES string of the molecule is CC(C)(NC(=O)Nc1ccccn1)c1ccccc1. The molecule has 2 rings (SSSR count). The topological polar surface area (TPSA) is 54.0 Å². The smallest absolute Gasteiger partial charge is 0.321 e. The van der Waals surface area contributed by atoms with Gasteiger partial charge in [0, 0.05) is 6.20 Å². The lowest BCUT2D eigenvalue weighted by atomic mass is 9.95. The summed E-state index contributed by atoms with van der Waals surface area (Å²) in [6.07, 6.45) is 1.64. The lowest BCUT2D eigenvalue weighted by molar-refractivity contribution is 0.242. The number of urea groups is 1. The molecule has 4 heteroatoms. The van der Waals surface area contributed by atoms with Gasteiger partial charge in [-0.05, 0) is 31.5 Å². The Bertz CT molecular complexity index is 538. The van der Waals surface area contributed by atoms with E-state index < -0.39 is 5.54 Å². The van der Waals surface area contributed by atoms with Crippen LogP contribution in [0.2, 0.25) is 0 Å². The molecule has 98 valence electrons. The Morgan fingerprint density at radius 3 is 2.37 bits per heavy atom. The average molecular weight is 255 g/mol. The zero-order chi connectivity index (χ0) is 13.7. The number of anilines is 1.